The van der Waals surface area contributed by atoms with Crippen molar-refractivity contribution < 1.29 is 0 Å². The number of aromatic nitrogens is 2. The molecule has 2 atom stereocenters. The van der Waals surface area contributed by atoms with Crippen LogP contribution in [0.2, 0.25) is 0 Å². The van der Waals surface area contributed by atoms with Crippen LogP contribution in [0.3, 0.4) is 0 Å². The summed E-state index contributed by atoms with van der Waals surface area (Å²) in [5, 5.41) is 4.43. The minimum Gasteiger partial charge on any atom is -0.335 e. The highest BCUT2D eigenvalue weighted by Gasteiger charge is 2.24. The van der Waals surface area contributed by atoms with Crippen LogP contribution in [0, 0.1) is 0 Å². The third-order valence-corrected chi connectivity index (χ3v) is 5.19. The van der Waals surface area contributed by atoms with Crippen molar-refractivity contribution in [1.29, 1.82) is 0 Å². The van der Waals surface area contributed by atoms with Gasteiger partial charge in [-0.15, -0.1) is 0 Å². The molecule has 0 amide bonds. The molecular weight excluding hydrogens is 242 g/mol. The number of thioether (sulfide) groups is 1. The number of hydrogen-bond donors (Lipinski definition) is 1. The van der Waals surface area contributed by atoms with Crippen LogP contribution in [0.25, 0.3) is 0 Å². The molecule has 1 N–H and O–H groups in total. The zero-order valence-electron chi connectivity index (χ0n) is 11.6. The van der Waals surface area contributed by atoms with Crippen LogP contribution in [0.1, 0.15) is 38.9 Å². The fourth-order valence-electron chi connectivity index (χ4n) is 2.69. The van der Waals surface area contributed by atoms with Crippen molar-refractivity contribution in [2.24, 2.45) is 0 Å². The number of likely N-dealkylation sites (N-methyl/N-ethyl adjacent to an activating group) is 1. The predicted molar refractivity (Wildman–Crippen MR) is 79.2 cm³/mol. The third kappa shape index (κ3) is 3.51. The van der Waals surface area contributed by atoms with E-state index >= 15 is 0 Å². The highest BCUT2D eigenvalue weighted by Crippen LogP contribution is 2.28. The van der Waals surface area contributed by atoms with Gasteiger partial charge in [0.15, 0.2) is 0 Å². The first-order chi connectivity index (χ1) is 8.85. The molecule has 102 valence electrons. The predicted octanol–water partition coefficient (Wildman–Crippen LogP) is 2.71. The van der Waals surface area contributed by atoms with Gasteiger partial charge in [-0.25, -0.2) is 4.98 Å². The van der Waals surface area contributed by atoms with E-state index < -0.39 is 0 Å². The highest BCUT2D eigenvalue weighted by atomic mass is 32.2. The van der Waals surface area contributed by atoms with Crippen LogP contribution < -0.4 is 5.32 Å². The standard InChI is InChI=1S/C14H25N3S/c1-3-15-12(13-7-5-6-10-18-13)11-14-16-8-9-17(14)4-2/h8-9,12-13,15H,3-7,10-11H2,1-2H3. The Hall–Kier alpha value is -0.480. The van der Waals surface area contributed by atoms with Gasteiger partial charge in [0.05, 0.1) is 0 Å². The molecule has 3 nitrogen and oxygen atoms in total. The molecule has 1 aromatic heterocycles. The monoisotopic (exact) mass is 267 g/mol. The number of nitrogens with zero attached hydrogens (tertiary/aromatic N) is 2. The van der Waals surface area contributed by atoms with E-state index in [1.165, 1.54) is 30.8 Å². The van der Waals surface area contributed by atoms with Crippen molar-refractivity contribution in [3.63, 3.8) is 0 Å². The zero-order valence-corrected chi connectivity index (χ0v) is 12.4. The fraction of sp³-hybridized carbons (Fsp3) is 0.786. The molecule has 2 heterocycles. The van der Waals surface area contributed by atoms with Crippen molar-refractivity contribution in [1.82, 2.24) is 14.9 Å². The molecule has 0 radical (unpaired) electrons. The summed E-state index contributed by atoms with van der Waals surface area (Å²) in [7, 11) is 0. The molecule has 2 unspecified atom stereocenters. The number of hydrogen-bond acceptors (Lipinski definition) is 3. The second-order valence-corrected chi connectivity index (χ2v) is 6.25. The van der Waals surface area contributed by atoms with Gasteiger partial charge in [0, 0.05) is 36.7 Å². The number of imidazole rings is 1. The lowest BCUT2D eigenvalue weighted by atomic mass is 10.0. The van der Waals surface area contributed by atoms with E-state index in [4.69, 9.17) is 0 Å². The summed E-state index contributed by atoms with van der Waals surface area (Å²) in [6.45, 7) is 6.45. The number of aryl methyl sites for hydroxylation is 1. The van der Waals surface area contributed by atoms with Gasteiger partial charge in [-0.1, -0.05) is 13.3 Å². The summed E-state index contributed by atoms with van der Waals surface area (Å²) in [6, 6.07) is 0.577. The molecule has 18 heavy (non-hydrogen) atoms. The Kier molecular flexibility index (Phi) is 5.57. The maximum atomic E-state index is 4.52. The molecule has 1 aromatic rings. The van der Waals surface area contributed by atoms with Gasteiger partial charge in [-0.2, -0.15) is 11.8 Å². The lowest BCUT2D eigenvalue weighted by Crippen LogP contribution is -2.41. The van der Waals surface area contributed by atoms with Crippen LogP contribution >= 0.6 is 11.8 Å². The normalized spacial score (nSPS) is 22.0. The Bertz CT molecular complexity index is 345. The smallest absolute Gasteiger partial charge is 0.110 e. The first-order valence-electron chi connectivity index (χ1n) is 7.20. The fourth-order valence-corrected chi connectivity index (χ4v) is 4.13. The Morgan fingerprint density at radius 3 is 3.06 bits per heavy atom. The summed E-state index contributed by atoms with van der Waals surface area (Å²) in [4.78, 5) is 4.52. The summed E-state index contributed by atoms with van der Waals surface area (Å²) in [6.07, 6.45) is 9.22. The van der Waals surface area contributed by atoms with Gasteiger partial charge in [-0.05, 0) is 32.1 Å². The Morgan fingerprint density at radius 2 is 2.39 bits per heavy atom. The van der Waals surface area contributed by atoms with Gasteiger partial charge >= 0.3 is 0 Å². The second kappa shape index (κ2) is 7.19. The molecule has 1 aliphatic rings. The molecule has 0 saturated carbocycles. The van der Waals surface area contributed by atoms with E-state index in [1.54, 1.807) is 0 Å². The maximum absolute atomic E-state index is 4.52. The van der Waals surface area contributed by atoms with Crippen molar-refractivity contribution in [3.8, 4) is 0 Å². The molecule has 1 saturated heterocycles. The number of nitrogens with one attached hydrogen (secondary N) is 1. The van der Waals surface area contributed by atoms with E-state index in [0.29, 0.717) is 6.04 Å². The van der Waals surface area contributed by atoms with E-state index in [-0.39, 0.29) is 0 Å². The van der Waals surface area contributed by atoms with Gasteiger partial charge < -0.3 is 9.88 Å². The zero-order chi connectivity index (χ0) is 12.8. The Labute approximate surface area is 115 Å². The summed E-state index contributed by atoms with van der Waals surface area (Å²) < 4.78 is 2.26. The van der Waals surface area contributed by atoms with Crippen molar-refractivity contribution in [3.05, 3.63) is 18.2 Å². The van der Waals surface area contributed by atoms with Crippen LogP contribution in [0.15, 0.2) is 12.4 Å². The SMILES string of the molecule is CCNC(Cc1nccn1CC)C1CCCCS1. The minimum atomic E-state index is 0.577. The van der Waals surface area contributed by atoms with Gasteiger partial charge in [0.25, 0.3) is 0 Å². The number of rotatable bonds is 6. The lowest BCUT2D eigenvalue weighted by molar-refractivity contribution is 0.457. The summed E-state index contributed by atoms with van der Waals surface area (Å²) >= 11 is 2.15. The van der Waals surface area contributed by atoms with Gasteiger partial charge in [0.1, 0.15) is 5.82 Å². The van der Waals surface area contributed by atoms with Crippen molar-refractivity contribution >= 4 is 11.8 Å². The van der Waals surface area contributed by atoms with Crippen molar-refractivity contribution in [2.45, 2.75) is 57.4 Å². The first kappa shape index (κ1) is 13.9. The molecule has 0 spiro atoms. The van der Waals surface area contributed by atoms with Crippen LogP contribution in [0.4, 0.5) is 0 Å². The summed E-state index contributed by atoms with van der Waals surface area (Å²) in [5.74, 6) is 2.56. The topological polar surface area (TPSA) is 29.9 Å². The largest absolute Gasteiger partial charge is 0.335 e. The molecule has 0 bridgehead atoms. The average molecular weight is 267 g/mol. The Balaban J connectivity index is 2.00. The third-order valence-electron chi connectivity index (χ3n) is 3.67. The average Bonchev–Trinajstić information content (AvgIpc) is 2.86. The molecule has 0 aromatic carbocycles. The molecule has 1 aliphatic heterocycles. The summed E-state index contributed by atoms with van der Waals surface area (Å²) in [5.41, 5.74) is 0. The highest BCUT2D eigenvalue weighted by molar-refractivity contribution is 8.00. The molecule has 0 aliphatic carbocycles. The molecule has 2 rings (SSSR count). The van der Waals surface area contributed by atoms with Gasteiger partial charge in [-0.3, -0.25) is 0 Å². The minimum absolute atomic E-state index is 0.577. The van der Waals surface area contributed by atoms with Crippen molar-refractivity contribution in [2.75, 3.05) is 12.3 Å². The Morgan fingerprint density at radius 1 is 1.50 bits per heavy atom. The second-order valence-electron chi connectivity index (χ2n) is 4.90. The van der Waals surface area contributed by atoms with Crippen LogP contribution in [0.5, 0.6) is 0 Å². The molecule has 1 fully saturated rings. The van der Waals surface area contributed by atoms with Crippen LogP contribution in [-0.4, -0.2) is 33.1 Å². The van der Waals surface area contributed by atoms with E-state index in [2.05, 4.69) is 46.7 Å². The quantitative estimate of drug-likeness (QED) is 0.859. The van der Waals surface area contributed by atoms with E-state index in [9.17, 15) is 0 Å². The first-order valence-corrected chi connectivity index (χ1v) is 8.25. The maximum Gasteiger partial charge on any atom is 0.110 e. The lowest BCUT2D eigenvalue weighted by Gasteiger charge is -2.30. The van der Waals surface area contributed by atoms with E-state index in [0.717, 1.165) is 24.8 Å². The van der Waals surface area contributed by atoms with Crippen LogP contribution in [-0.2, 0) is 13.0 Å². The molecular formula is C14H25N3S. The molecule has 4 heteroatoms. The van der Waals surface area contributed by atoms with E-state index in [1.807, 2.05) is 6.20 Å². The van der Waals surface area contributed by atoms with Gasteiger partial charge in [0.2, 0.25) is 0 Å².